The molecule has 0 N–H and O–H groups in total. The molecule has 0 atom stereocenters. The Kier molecular flexibility index (Phi) is 30.2. The highest BCUT2D eigenvalue weighted by atomic mass is 35.5. The molecule has 248 valence electrons. The largest absolute Gasteiger partial charge is 0.414 e. The molecule has 0 aromatic rings. The minimum absolute atomic E-state index is 0.220. The van der Waals surface area contributed by atoms with Gasteiger partial charge < -0.3 is 51.8 Å². The van der Waals surface area contributed by atoms with Gasteiger partial charge in [0.15, 0.2) is 8.32 Å². The lowest BCUT2D eigenvalue weighted by Crippen LogP contribution is -2.41. The zero-order valence-electron chi connectivity index (χ0n) is 26.4. The monoisotopic (exact) mass is 634 g/mol. The molecule has 0 aromatic carbocycles. The van der Waals surface area contributed by atoms with E-state index in [0.717, 1.165) is 0 Å². The van der Waals surface area contributed by atoms with E-state index in [1.165, 1.54) is 0 Å². The third-order valence-electron chi connectivity index (χ3n) is 6.07. The zero-order valence-corrected chi connectivity index (χ0v) is 28.2. The molecule has 0 radical (unpaired) electrons. The van der Waals surface area contributed by atoms with Gasteiger partial charge in [0, 0.05) is 5.88 Å². The van der Waals surface area contributed by atoms with Crippen LogP contribution < -0.4 is 0 Å². The fraction of sp³-hybridized carbons (Fsp3) is 1.00. The van der Waals surface area contributed by atoms with E-state index in [0.29, 0.717) is 145 Å². The van der Waals surface area contributed by atoms with Gasteiger partial charge >= 0.3 is 0 Å². The highest BCUT2D eigenvalue weighted by Crippen LogP contribution is 2.36. The van der Waals surface area contributed by atoms with E-state index in [1.54, 1.807) is 0 Å². The normalized spacial score (nSPS) is 12.4. The van der Waals surface area contributed by atoms with Gasteiger partial charge in [0.1, 0.15) is 0 Å². The van der Waals surface area contributed by atoms with Crippen LogP contribution in [0.2, 0.25) is 18.1 Å². The maximum Gasteiger partial charge on any atom is 0.192 e. The van der Waals surface area contributed by atoms with Crippen molar-refractivity contribution in [3.05, 3.63) is 0 Å². The van der Waals surface area contributed by atoms with Gasteiger partial charge in [-0.15, -0.1) is 11.6 Å². The highest BCUT2D eigenvalue weighted by molar-refractivity contribution is 6.74. The van der Waals surface area contributed by atoms with Gasteiger partial charge in [-0.3, -0.25) is 0 Å². The van der Waals surface area contributed by atoms with E-state index in [1.807, 2.05) is 0 Å². The van der Waals surface area contributed by atoms with Crippen molar-refractivity contribution in [1.29, 1.82) is 0 Å². The molecule has 0 aliphatic heterocycles. The maximum atomic E-state index is 6.07. The standard InChI is InChI=1S/C28H59ClO11Si/c1-28(2,3)41(4,5)40-27-26-39-25-24-38-23-22-37-21-20-36-19-18-35-17-16-34-15-14-33-13-12-32-11-10-31-9-8-30-7-6-29/h6-27H2,1-5H3. The lowest BCUT2D eigenvalue weighted by Gasteiger charge is -2.36. The molecule has 41 heavy (non-hydrogen) atoms. The number of rotatable bonds is 33. The Labute approximate surface area is 255 Å². The van der Waals surface area contributed by atoms with Crippen molar-refractivity contribution in [3.63, 3.8) is 0 Å². The van der Waals surface area contributed by atoms with Crippen molar-refractivity contribution in [3.8, 4) is 0 Å². The van der Waals surface area contributed by atoms with Crippen molar-refractivity contribution in [1.82, 2.24) is 0 Å². The van der Waals surface area contributed by atoms with Crippen LogP contribution in [0.3, 0.4) is 0 Å². The molecule has 0 saturated carbocycles. The van der Waals surface area contributed by atoms with E-state index in [-0.39, 0.29) is 5.04 Å². The number of hydrogen-bond acceptors (Lipinski definition) is 11. The number of ether oxygens (including phenoxy) is 10. The minimum Gasteiger partial charge on any atom is -0.414 e. The van der Waals surface area contributed by atoms with Gasteiger partial charge in [0.25, 0.3) is 0 Å². The topological polar surface area (TPSA) is 102 Å². The summed E-state index contributed by atoms with van der Waals surface area (Å²) in [5.74, 6) is 0.500. The average Bonchev–Trinajstić information content (AvgIpc) is 2.93. The molecule has 0 fully saturated rings. The van der Waals surface area contributed by atoms with E-state index in [9.17, 15) is 0 Å². The molecule has 0 saturated heterocycles. The SMILES string of the molecule is CC(C)(C)[Si](C)(C)OCCOCCOCCOCCOCCOCCOCCOCCOCCOCCOCCCl. The second-order valence-corrected chi connectivity index (χ2v) is 15.6. The average molecular weight is 635 g/mol. The maximum absolute atomic E-state index is 6.07. The van der Waals surface area contributed by atoms with Crippen molar-refractivity contribution in [2.45, 2.75) is 38.9 Å². The van der Waals surface area contributed by atoms with Gasteiger partial charge in [0.2, 0.25) is 0 Å². The lowest BCUT2D eigenvalue weighted by molar-refractivity contribution is -0.0266. The van der Waals surface area contributed by atoms with Crippen LogP contribution in [0.25, 0.3) is 0 Å². The quantitative estimate of drug-likeness (QED) is 0.0603. The Morgan fingerprint density at radius 3 is 0.756 bits per heavy atom. The molecule has 0 unspecified atom stereocenters. The highest BCUT2D eigenvalue weighted by Gasteiger charge is 2.36. The number of alkyl halides is 1. The molecular weight excluding hydrogens is 576 g/mol. The molecule has 0 aliphatic rings. The van der Waals surface area contributed by atoms with Crippen LogP contribution in [0.4, 0.5) is 0 Å². The number of hydrogen-bond donors (Lipinski definition) is 0. The second kappa shape index (κ2) is 30.1. The van der Waals surface area contributed by atoms with E-state index < -0.39 is 8.32 Å². The fourth-order valence-corrected chi connectivity index (χ4v) is 3.84. The summed E-state index contributed by atoms with van der Waals surface area (Å²) in [6.45, 7) is 22.5. The molecule has 0 amide bonds. The summed E-state index contributed by atoms with van der Waals surface area (Å²) in [4.78, 5) is 0. The third kappa shape index (κ3) is 29.9. The van der Waals surface area contributed by atoms with Crippen LogP contribution >= 0.6 is 11.6 Å². The molecule has 0 spiro atoms. The van der Waals surface area contributed by atoms with Crippen molar-refractivity contribution in [2.24, 2.45) is 0 Å². The Hall–Kier alpha value is 0.0669. The predicted molar refractivity (Wildman–Crippen MR) is 162 cm³/mol. The van der Waals surface area contributed by atoms with Crippen molar-refractivity contribution in [2.75, 3.05) is 145 Å². The molecule has 0 aromatic heterocycles. The first-order chi connectivity index (χ1) is 19.8. The van der Waals surface area contributed by atoms with Crippen LogP contribution in [0.5, 0.6) is 0 Å². The first-order valence-corrected chi connectivity index (χ1v) is 18.2. The van der Waals surface area contributed by atoms with Gasteiger partial charge in [-0.1, -0.05) is 20.8 Å². The first-order valence-electron chi connectivity index (χ1n) is 14.8. The van der Waals surface area contributed by atoms with Gasteiger partial charge in [-0.2, -0.15) is 0 Å². The van der Waals surface area contributed by atoms with E-state index in [2.05, 4.69) is 33.9 Å². The smallest absolute Gasteiger partial charge is 0.192 e. The summed E-state index contributed by atoms with van der Waals surface area (Å²) >= 11 is 5.51. The van der Waals surface area contributed by atoms with Crippen LogP contribution in [0.15, 0.2) is 0 Å². The summed E-state index contributed by atoms with van der Waals surface area (Å²) in [5, 5.41) is 0.220. The Morgan fingerprint density at radius 2 is 0.561 bits per heavy atom. The molecule has 11 nitrogen and oxygen atoms in total. The minimum atomic E-state index is -1.69. The lowest BCUT2D eigenvalue weighted by atomic mass is 10.2. The molecule has 13 heteroatoms. The molecular formula is C28H59ClO11Si. The van der Waals surface area contributed by atoms with E-state index in [4.69, 9.17) is 63.4 Å². The first kappa shape index (κ1) is 41.1. The van der Waals surface area contributed by atoms with Crippen LogP contribution in [0.1, 0.15) is 20.8 Å². The second-order valence-electron chi connectivity index (χ2n) is 10.4. The summed E-state index contributed by atoms with van der Waals surface area (Å²) < 4.78 is 60.5. The Morgan fingerprint density at radius 1 is 0.366 bits per heavy atom. The van der Waals surface area contributed by atoms with Crippen molar-refractivity contribution >= 4 is 19.9 Å². The van der Waals surface area contributed by atoms with Gasteiger partial charge in [0.05, 0.1) is 139 Å². The summed E-state index contributed by atoms with van der Waals surface area (Å²) in [5.41, 5.74) is 0. The molecule has 0 bridgehead atoms. The van der Waals surface area contributed by atoms with Gasteiger partial charge in [-0.05, 0) is 18.1 Å². The zero-order chi connectivity index (χ0) is 30.3. The summed E-state index contributed by atoms with van der Waals surface area (Å²) in [7, 11) is -1.69. The Balaban J connectivity index is 3.12. The summed E-state index contributed by atoms with van der Waals surface area (Å²) in [6, 6.07) is 0. The molecule has 0 rings (SSSR count). The van der Waals surface area contributed by atoms with Crippen LogP contribution in [-0.4, -0.2) is 153 Å². The van der Waals surface area contributed by atoms with E-state index >= 15 is 0 Å². The number of halogens is 1. The van der Waals surface area contributed by atoms with Crippen molar-refractivity contribution < 1.29 is 51.8 Å². The van der Waals surface area contributed by atoms with Crippen LogP contribution in [-0.2, 0) is 51.8 Å². The fourth-order valence-electron chi connectivity index (χ4n) is 2.71. The molecule has 0 heterocycles. The Bertz CT molecular complexity index is 528. The van der Waals surface area contributed by atoms with Crippen LogP contribution in [0, 0.1) is 0 Å². The third-order valence-corrected chi connectivity index (χ3v) is 10.8. The van der Waals surface area contributed by atoms with Gasteiger partial charge in [-0.25, -0.2) is 0 Å². The molecule has 0 aliphatic carbocycles. The summed E-state index contributed by atoms with van der Waals surface area (Å²) in [6.07, 6.45) is 0. The predicted octanol–water partition coefficient (Wildman–Crippen LogP) is 3.41.